The van der Waals surface area contributed by atoms with Crippen LogP contribution >= 0.6 is 11.3 Å². The van der Waals surface area contributed by atoms with Crippen molar-refractivity contribution in [3.05, 3.63) is 46.3 Å². The van der Waals surface area contributed by atoms with Crippen LogP contribution in [-0.2, 0) is 12.7 Å². The van der Waals surface area contributed by atoms with Crippen molar-refractivity contribution < 1.29 is 13.2 Å². The fourth-order valence-electron chi connectivity index (χ4n) is 1.99. The van der Waals surface area contributed by atoms with Gasteiger partial charge in [-0.1, -0.05) is 19.9 Å². The molecule has 114 valence electrons. The van der Waals surface area contributed by atoms with E-state index in [1.165, 1.54) is 23.5 Å². The van der Waals surface area contributed by atoms with Gasteiger partial charge in [-0.25, -0.2) is 0 Å². The van der Waals surface area contributed by atoms with E-state index in [0.717, 1.165) is 27.9 Å². The first-order valence-electron chi connectivity index (χ1n) is 6.77. The topological polar surface area (TPSA) is 12.0 Å². The van der Waals surface area contributed by atoms with E-state index < -0.39 is 11.7 Å². The maximum Gasteiger partial charge on any atom is 0.416 e. The molecule has 0 unspecified atom stereocenters. The van der Waals surface area contributed by atoms with Gasteiger partial charge in [-0.3, -0.25) is 0 Å². The smallest absolute Gasteiger partial charge is 0.310 e. The Balaban J connectivity index is 2.29. The van der Waals surface area contributed by atoms with Crippen LogP contribution in [0.15, 0.2) is 30.3 Å². The Morgan fingerprint density at radius 1 is 1.14 bits per heavy atom. The van der Waals surface area contributed by atoms with E-state index >= 15 is 0 Å². The van der Waals surface area contributed by atoms with Gasteiger partial charge < -0.3 is 5.32 Å². The van der Waals surface area contributed by atoms with E-state index in [0.29, 0.717) is 11.6 Å². The molecule has 1 heterocycles. The van der Waals surface area contributed by atoms with E-state index in [1.807, 2.05) is 19.1 Å². The zero-order valence-corrected chi connectivity index (χ0v) is 13.0. The molecule has 0 aliphatic rings. The van der Waals surface area contributed by atoms with Gasteiger partial charge in [-0.2, -0.15) is 13.2 Å². The fraction of sp³-hybridized carbons (Fsp3) is 0.375. The van der Waals surface area contributed by atoms with Gasteiger partial charge in [0.2, 0.25) is 0 Å². The van der Waals surface area contributed by atoms with E-state index in [2.05, 4.69) is 19.2 Å². The van der Waals surface area contributed by atoms with E-state index in [4.69, 9.17) is 0 Å². The Bertz CT molecular complexity index is 614. The molecule has 0 aliphatic heterocycles. The Kier molecular flexibility index (Phi) is 4.74. The number of hydrogen-bond donors (Lipinski definition) is 1. The first kappa shape index (κ1) is 16.0. The molecule has 0 saturated carbocycles. The number of benzene rings is 1. The van der Waals surface area contributed by atoms with Crippen LogP contribution in [0.1, 0.15) is 29.9 Å². The molecule has 5 heteroatoms. The molecule has 2 aromatic rings. The summed E-state index contributed by atoms with van der Waals surface area (Å²) in [6.07, 6.45) is -4.30. The second kappa shape index (κ2) is 6.20. The van der Waals surface area contributed by atoms with Crippen molar-refractivity contribution in [2.75, 3.05) is 0 Å². The third-order valence-corrected chi connectivity index (χ3v) is 4.30. The maximum absolute atomic E-state index is 12.8. The highest BCUT2D eigenvalue weighted by atomic mass is 32.1. The van der Waals surface area contributed by atoms with E-state index in [9.17, 15) is 13.2 Å². The summed E-state index contributed by atoms with van der Waals surface area (Å²) in [4.78, 5) is 2.00. The number of rotatable bonds is 4. The minimum atomic E-state index is -4.30. The third-order valence-electron chi connectivity index (χ3n) is 3.18. The molecule has 0 fully saturated rings. The average Bonchev–Trinajstić information content (AvgIpc) is 2.84. The van der Waals surface area contributed by atoms with Gasteiger partial charge in [-0.05, 0) is 42.3 Å². The summed E-state index contributed by atoms with van der Waals surface area (Å²) in [5.74, 6) is 0. The number of alkyl halides is 3. The van der Waals surface area contributed by atoms with Crippen molar-refractivity contribution in [2.24, 2.45) is 0 Å². The lowest BCUT2D eigenvalue weighted by Gasteiger charge is -2.10. The fourth-order valence-corrected chi connectivity index (χ4v) is 3.03. The number of aryl methyl sites for hydroxylation is 1. The summed E-state index contributed by atoms with van der Waals surface area (Å²) in [5.41, 5.74) is 0.914. The van der Waals surface area contributed by atoms with Crippen LogP contribution in [-0.4, -0.2) is 6.04 Å². The zero-order valence-electron chi connectivity index (χ0n) is 12.2. The largest absolute Gasteiger partial charge is 0.416 e. The standard InChI is InChI=1S/C16H18F3NS/c1-10(2)20-9-13-6-7-15(21-13)14-8-12(16(17,18)19)5-4-11(14)3/h4-8,10,20H,9H2,1-3H3. The minimum absolute atomic E-state index is 0.380. The minimum Gasteiger partial charge on any atom is -0.310 e. The van der Waals surface area contributed by atoms with Gasteiger partial charge >= 0.3 is 6.18 Å². The lowest BCUT2D eigenvalue weighted by Crippen LogP contribution is -2.21. The molecule has 0 bridgehead atoms. The first-order valence-corrected chi connectivity index (χ1v) is 7.59. The molecule has 1 aromatic heterocycles. The summed E-state index contributed by atoms with van der Waals surface area (Å²) in [5, 5.41) is 3.31. The molecule has 0 radical (unpaired) electrons. The normalized spacial score (nSPS) is 12.1. The van der Waals surface area contributed by atoms with Crippen molar-refractivity contribution in [1.82, 2.24) is 5.32 Å². The average molecular weight is 313 g/mol. The lowest BCUT2D eigenvalue weighted by molar-refractivity contribution is -0.137. The molecule has 1 aromatic carbocycles. The highest BCUT2D eigenvalue weighted by Crippen LogP contribution is 2.36. The van der Waals surface area contributed by atoms with Crippen LogP contribution < -0.4 is 5.32 Å². The number of halogens is 3. The van der Waals surface area contributed by atoms with Crippen molar-refractivity contribution in [3.63, 3.8) is 0 Å². The Hall–Kier alpha value is -1.33. The van der Waals surface area contributed by atoms with Crippen molar-refractivity contribution in [1.29, 1.82) is 0 Å². The van der Waals surface area contributed by atoms with Crippen LogP contribution in [0.2, 0.25) is 0 Å². The van der Waals surface area contributed by atoms with Gasteiger partial charge in [0.15, 0.2) is 0 Å². The maximum atomic E-state index is 12.8. The third kappa shape index (κ3) is 4.08. The van der Waals surface area contributed by atoms with E-state index in [-0.39, 0.29) is 0 Å². The summed E-state index contributed by atoms with van der Waals surface area (Å²) in [6, 6.07) is 8.14. The Morgan fingerprint density at radius 2 is 1.86 bits per heavy atom. The van der Waals surface area contributed by atoms with Crippen LogP contribution in [0.4, 0.5) is 13.2 Å². The molecular formula is C16H18F3NS. The first-order chi connectivity index (χ1) is 9.77. The van der Waals surface area contributed by atoms with Crippen LogP contribution in [0, 0.1) is 6.92 Å². The van der Waals surface area contributed by atoms with Gasteiger partial charge in [-0.15, -0.1) is 11.3 Å². The molecule has 0 atom stereocenters. The van der Waals surface area contributed by atoms with Gasteiger partial charge in [0.25, 0.3) is 0 Å². The van der Waals surface area contributed by atoms with Gasteiger partial charge in [0, 0.05) is 22.3 Å². The number of thiophene rings is 1. The Labute approximate surface area is 126 Å². The number of nitrogens with one attached hydrogen (secondary N) is 1. The highest BCUT2D eigenvalue weighted by Gasteiger charge is 2.30. The predicted molar refractivity (Wildman–Crippen MR) is 81.5 cm³/mol. The summed E-state index contributed by atoms with van der Waals surface area (Å²) in [7, 11) is 0. The molecule has 0 aliphatic carbocycles. The molecule has 1 N–H and O–H groups in total. The lowest BCUT2D eigenvalue weighted by atomic mass is 10.0. The van der Waals surface area contributed by atoms with Crippen LogP contribution in [0.5, 0.6) is 0 Å². The van der Waals surface area contributed by atoms with E-state index in [1.54, 1.807) is 0 Å². The summed E-state index contributed by atoms with van der Waals surface area (Å²) in [6.45, 7) is 6.69. The second-order valence-electron chi connectivity index (χ2n) is 5.33. The molecule has 2 rings (SSSR count). The molecule has 0 amide bonds. The van der Waals surface area contributed by atoms with Gasteiger partial charge in [0.1, 0.15) is 0 Å². The summed E-state index contributed by atoms with van der Waals surface area (Å²) >= 11 is 1.53. The van der Waals surface area contributed by atoms with Crippen LogP contribution in [0.3, 0.4) is 0 Å². The van der Waals surface area contributed by atoms with Crippen molar-refractivity contribution in [3.8, 4) is 10.4 Å². The quantitative estimate of drug-likeness (QED) is 0.814. The Morgan fingerprint density at radius 3 is 2.48 bits per heavy atom. The summed E-state index contributed by atoms with van der Waals surface area (Å²) < 4.78 is 38.5. The second-order valence-corrected chi connectivity index (χ2v) is 6.50. The monoisotopic (exact) mass is 313 g/mol. The molecule has 1 nitrogen and oxygen atoms in total. The highest BCUT2D eigenvalue weighted by molar-refractivity contribution is 7.15. The van der Waals surface area contributed by atoms with Gasteiger partial charge in [0.05, 0.1) is 5.56 Å². The zero-order chi connectivity index (χ0) is 15.6. The van der Waals surface area contributed by atoms with Crippen molar-refractivity contribution >= 4 is 11.3 Å². The van der Waals surface area contributed by atoms with Crippen molar-refractivity contribution in [2.45, 2.75) is 39.5 Å². The van der Waals surface area contributed by atoms with Crippen LogP contribution in [0.25, 0.3) is 10.4 Å². The SMILES string of the molecule is Cc1ccc(C(F)(F)F)cc1-c1ccc(CNC(C)C)s1. The molecule has 0 saturated heterocycles. The molecular weight excluding hydrogens is 295 g/mol. The number of hydrogen-bond acceptors (Lipinski definition) is 2. The molecule has 21 heavy (non-hydrogen) atoms. The predicted octanol–water partition coefficient (Wildman–Crippen LogP) is 5.24. The molecule has 0 spiro atoms.